The Hall–Kier alpha value is -1.43. The average Bonchev–Trinajstić information content (AvgIpc) is 3.38. The minimum atomic E-state index is -0.522. The Bertz CT molecular complexity index is 530. The molecule has 1 aromatic carbocycles. The van der Waals surface area contributed by atoms with Gasteiger partial charge in [-0.05, 0) is 24.8 Å². The lowest BCUT2D eigenvalue weighted by Crippen LogP contribution is -2.43. The molecular formula is C18H26N2O3. The molecule has 1 heterocycles. The third-order valence-electron chi connectivity index (χ3n) is 4.99. The summed E-state index contributed by atoms with van der Waals surface area (Å²) in [6.07, 6.45) is 1.98. The molecule has 1 aromatic rings. The monoisotopic (exact) mass is 318 g/mol. The van der Waals surface area contributed by atoms with E-state index >= 15 is 0 Å². The molecule has 1 aliphatic carbocycles. The van der Waals surface area contributed by atoms with E-state index in [0.717, 1.165) is 31.5 Å². The van der Waals surface area contributed by atoms with Crippen LogP contribution in [0.25, 0.3) is 0 Å². The van der Waals surface area contributed by atoms with E-state index in [4.69, 9.17) is 5.11 Å². The zero-order valence-corrected chi connectivity index (χ0v) is 13.5. The number of benzene rings is 1. The van der Waals surface area contributed by atoms with Crippen LogP contribution < -0.4 is 0 Å². The topological polar surface area (TPSA) is 64.0 Å². The van der Waals surface area contributed by atoms with Gasteiger partial charge in [0, 0.05) is 39.3 Å². The number of aliphatic hydroxyl groups excluding tert-OH is 2. The number of nitrogens with zero attached hydrogens (tertiary/aromatic N) is 2. The van der Waals surface area contributed by atoms with Crippen molar-refractivity contribution >= 4 is 5.91 Å². The molecule has 0 bridgehead atoms. The fourth-order valence-electron chi connectivity index (χ4n) is 3.55. The molecule has 0 unspecified atom stereocenters. The number of aliphatic hydroxyl groups is 2. The lowest BCUT2D eigenvalue weighted by atomic mass is 9.94. The molecule has 1 atom stereocenters. The molecule has 2 fully saturated rings. The van der Waals surface area contributed by atoms with Crippen molar-refractivity contribution in [2.45, 2.75) is 30.8 Å². The van der Waals surface area contributed by atoms with Crippen molar-refractivity contribution in [2.75, 3.05) is 39.3 Å². The Morgan fingerprint density at radius 3 is 2.57 bits per heavy atom. The van der Waals surface area contributed by atoms with Gasteiger partial charge in [0.1, 0.15) is 0 Å². The van der Waals surface area contributed by atoms with Gasteiger partial charge in [-0.3, -0.25) is 9.69 Å². The minimum absolute atomic E-state index is 0.159. The zero-order valence-electron chi connectivity index (χ0n) is 13.5. The molecule has 2 N–H and O–H groups in total. The third-order valence-corrected chi connectivity index (χ3v) is 4.99. The number of hydrogen-bond acceptors (Lipinski definition) is 4. The highest BCUT2D eigenvalue weighted by Gasteiger charge is 2.53. The first-order valence-corrected chi connectivity index (χ1v) is 8.52. The fraction of sp³-hybridized carbons (Fsp3) is 0.611. The average molecular weight is 318 g/mol. The van der Waals surface area contributed by atoms with E-state index in [1.807, 2.05) is 35.2 Å². The highest BCUT2D eigenvalue weighted by Crippen LogP contribution is 2.49. The van der Waals surface area contributed by atoms with E-state index in [-0.39, 0.29) is 17.9 Å². The molecule has 1 amide bonds. The Labute approximate surface area is 137 Å². The summed E-state index contributed by atoms with van der Waals surface area (Å²) in [5.41, 5.74) is 0.738. The van der Waals surface area contributed by atoms with E-state index < -0.39 is 6.10 Å². The predicted molar refractivity (Wildman–Crippen MR) is 88.1 cm³/mol. The first kappa shape index (κ1) is 16.4. The van der Waals surface area contributed by atoms with Crippen LogP contribution >= 0.6 is 0 Å². The van der Waals surface area contributed by atoms with Crippen LogP contribution in [-0.4, -0.2) is 71.4 Å². The lowest BCUT2D eigenvalue weighted by Gasteiger charge is -2.27. The summed E-state index contributed by atoms with van der Waals surface area (Å²) in [5.74, 6) is 0.159. The van der Waals surface area contributed by atoms with Crippen LogP contribution in [0.1, 0.15) is 24.8 Å². The molecule has 1 aliphatic heterocycles. The van der Waals surface area contributed by atoms with Crippen molar-refractivity contribution in [2.24, 2.45) is 0 Å². The smallest absolute Gasteiger partial charge is 0.233 e. The van der Waals surface area contributed by atoms with E-state index in [1.54, 1.807) is 0 Å². The van der Waals surface area contributed by atoms with Gasteiger partial charge in [0.25, 0.3) is 0 Å². The number of carbonyl (C=O) groups is 1. The second-order valence-electron chi connectivity index (χ2n) is 6.73. The number of carbonyl (C=O) groups excluding carboxylic acids is 1. The highest BCUT2D eigenvalue weighted by molar-refractivity contribution is 5.91. The number of amides is 1. The van der Waals surface area contributed by atoms with Crippen LogP contribution in [-0.2, 0) is 10.2 Å². The molecule has 2 aliphatic rings. The molecular weight excluding hydrogens is 292 g/mol. The maximum Gasteiger partial charge on any atom is 0.233 e. The van der Waals surface area contributed by atoms with Crippen molar-refractivity contribution in [1.82, 2.24) is 9.80 Å². The summed E-state index contributed by atoms with van der Waals surface area (Å²) < 4.78 is 0. The van der Waals surface area contributed by atoms with E-state index in [2.05, 4.69) is 4.90 Å². The number of hydrogen-bond donors (Lipinski definition) is 2. The van der Waals surface area contributed by atoms with Gasteiger partial charge in [-0.1, -0.05) is 30.3 Å². The number of β-amino-alcohol motifs (C(OH)–C–C–N with tert-alkyl or cyclic N) is 1. The minimum Gasteiger partial charge on any atom is -0.396 e. The zero-order chi connectivity index (χ0) is 16.3. The first-order chi connectivity index (χ1) is 11.2. The Balaban J connectivity index is 1.68. The molecule has 0 radical (unpaired) electrons. The van der Waals surface area contributed by atoms with Crippen molar-refractivity contribution in [3.8, 4) is 0 Å². The molecule has 126 valence electrons. The summed E-state index contributed by atoms with van der Waals surface area (Å²) in [7, 11) is 0. The Morgan fingerprint density at radius 1 is 1.17 bits per heavy atom. The molecule has 0 spiro atoms. The lowest BCUT2D eigenvalue weighted by molar-refractivity contribution is -0.134. The summed E-state index contributed by atoms with van der Waals surface area (Å²) in [4.78, 5) is 17.0. The molecule has 0 aromatic heterocycles. The van der Waals surface area contributed by atoms with Gasteiger partial charge in [-0.2, -0.15) is 0 Å². The summed E-state index contributed by atoms with van der Waals surface area (Å²) in [5, 5.41) is 19.2. The predicted octanol–water partition coefficient (Wildman–Crippen LogP) is 0.606. The van der Waals surface area contributed by atoms with Gasteiger partial charge >= 0.3 is 0 Å². The van der Waals surface area contributed by atoms with Crippen LogP contribution in [0.15, 0.2) is 30.3 Å². The molecule has 1 saturated heterocycles. The van der Waals surface area contributed by atoms with Gasteiger partial charge in [0.2, 0.25) is 5.91 Å². The fourth-order valence-corrected chi connectivity index (χ4v) is 3.55. The Kier molecular flexibility index (Phi) is 4.99. The van der Waals surface area contributed by atoms with Crippen molar-refractivity contribution in [3.05, 3.63) is 35.9 Å². The van der Waals surface area contributed by atoms with Gasteiger partial charge < -0.3 is 15.1 Å². The summed E-state index contributed by atoms with van der Waals surface area (Å²) >= 11 is 0. The molecule has 23 heavy (non-hydrogen) atoms. The summed E-state index contributed by atoms with van der Waals surface area (Å²) in [6.45, 7) is 3.31. The van der Waals surface area contributed by atoms with Crippen molar-refractivity contribution < 1.29 is 15.0 Å². The first-order valence-electron chi connectivity index (χ1n) is 8.52. The van der Waals surface area contributed by atoms with Crippen molar-refractivity contribution in [3.63, 3.8) is 0 Å². The van der Waals surface area contributed by atoms with Crippen LogP contribution in [0.3, 0.4) is 0 Å². The van der Waals surface area contributed by atoms with Gasteiger partial charge in [0.15, 0.2) is 0 Å². The quantitative estimate of drug-likeness (QED) is 0.835. The van der Waals surface area contributed by atoms with Crippen LogP contribution in [0, 0.1) is 0 Å². The SMILES string of the molecule is O=C(N1CCN(CCCO)C[C@H](O)C1)C1(c2ccccc2)CC1. The standard InChI is InChI=1S/C18H26N2O3/c21-12-4-9-19-10-11-20(14-16(22)13-19)17(23)18(7-8-18)15-5-2-1-3-6-15/h1-3,5-6,16,21-22H,4,7-14H2/t16-/m0/s1. The summed E-state index contributed by atoms with van der Waals surface area (Å²) in [6, 6.07) is 10.0. The second kappa shape index (κ2) is 6.99. The van der Waals surface area contributed by atoms with Gasteiger partial charge in [0.05, 0.1) is 11.5 Å². The second-order valence-corrected chi connectivity index (χ2v) is 6.73. The maximum atomic E-state index is 13.1. The molecule has 5 nitrogen and oxygen atoms in total. The molecule has 1 saturated carbocycles. The van der Waals surface area contributed by atoms with Crippen LogP contribution in [0.4, 0.5) is 0 Å². The largest absolute Gasteiger partial charge is 0.396 e. The highest BCUT2D eigenvalue weighted by atomic mass is 16.3. The third kappa shape index (κ3) is 3.57. The maximum absolute atomic E-state index is 13.1. The van der Waals surface area contributed by atoms with Gasteiger partial charge in [-0.25, -0.2) is 0 Å². The Morgan fingerprint density at radius 2 is 1.91 bits per heavy atom. The van der Waals surface area contributed by atoms with E-state index in [0.29, 0.717) is 26.1 Å². The molecule has 5 heteroatoms. The number of rotatable bonds is 5. The van der Waals surface area contributed by atoms with Crippen LogP contribution in [0.2, 0.25) is 0 Å². The van der Waals surface area contributed by atoms with E-state index in [9.17, 15) is 9.90 Å². The van der Waals surface area contributed by atoms with E-state index in [1.165, 1.54) is 0 Å². The van der Waals surface area contributed by atoms with Gasteiger partial charge in [-0.15, -0.1) is 0 Å². The molecule has 3 rings (SSSR count). The van der Waals surface area contributed by atoms with Crippen LogP contribution in [0.5, 0.6) is 0 Å². The van der Waals surface area contributed by atoms with Crippen molar-refractivity contribution in [1.29, 1.82) is 0 Å². The normalized spacial score (nSPS) is 24.3.